The van der Waals surface area contributed by atoms with E-state index in [2.05, 4.69) is 16.1 Å². The minimum absolute atomic E-state index is 0.0422. The van der Waals surface area contributed by atoms with Crippen LogP contribution in [0, 0.1) is 0 Å². The third-order valence-corrected chi connectivity index (χ3v) is 2.70. The van der Waals surface area contributed by atoms with Gasteiger partial charge in [0.1, 0.15) is 0 Å². The second kappa shape index (κ2) is 7.29. The lowest BCUT2D eigenvalue weighted by atomic mass is 10.3. The Balaban J connectivity index is 3.95. The minimum Gasteiger partial charge on any atom is -0.743 e. The number of halogens is 2. The maximum Gasteiger partial charge on any atom is 0.428 e. The van der Waals surface area contributed by atoms with Crippen LogP contribution in [0.4, 0.5) is 8.78 Å². The van der Waals surface area contributed by atoms with Gasteiger partial charge in [0.2, 0.25) is 0 Å². The van der Waals surface area contributed by atoms with E-state index in [9.17, 15) is 31.3 Å². The number of carbonyl (C=O) groups excluding carboxylic acids is 2. The van der Waals surface area contributed by atoms with E-state index < -0.39 is 33.9 Å². The molecule has 20 heavy (non-hydrogen) atoms. The number of hydrogen-bond acceptors (Lipinski definition) is 7. The molecule has 0 aliphatic heterocycles. The normalized spacial score (nSPS) is 11.8. The summed E-state index contributed by atoms with van der Waals surface area (Å²) in [6.45, 7) is 4.19. The molecule has 0 aromatic heterocycles. The Bertz CT molecular complexity index is 484. The first-order valence-electron chi connectivity index (χ1n) is 5.33. The largest absolute Gasteiger partial charge is 0.743 e. The van der Waals surface area contributed by atoms with E-state index in [1.165, 1.54) is 6.92 Å². The molecule has 116 valence electrons. The number of alkyl halides is 2. The number of esters is 2. The molecule has 0 aromatic rings. The number of hydrogen-bond donors (Lipinski definition) is 0. The highest BCUT2D eigenvalue weighted by Gasteiger charge is 2.48. The molecule has 0 unspecified atom stereocenters. The maximum absolute atomic E-state index is 12.6. The summed E-state index contributed by atoms with van der Waals surface area (Å²) in [4.78, 5) is 21.6. The Morgan fingerprint density at radius 2 is 1.65 bits per heavy atom. The van der Waals surface area contributed by atoms with E-state index in [4.69, 9.17) is 0 Å². The lowest BCUT2D eigenvalue weighted by Crippen LogP contribution is -2.39. The molecule has 0 heterocycles. The highest BCUT2D eigenvalue weighted by Crippen LogP contribution is 2.22. The van der Waals surface area contributed by atoms with Crippen LogP contribution in [0.5, 0.6) is 0 Å². The van der Waals surface area contributed by atoms with E-state index >= 15 is 0 Å². The lowest BCUT2D eigenvalue weighted by Gasteiger charge is -2.17. The van der Waals surface area contributed by atoms with Gasteiger partial charge >= 0.3 is 17.2 Å². The Kier molecular flexibility index (Phi) is 6.73. The van der Waals surface area contributed by atoms with E-state index in [0.717, 1.165) is 0 Å². The molecule has 0 radical (unpaired) electrons. The molecule has 0 N–H and O–H groups in total. The summed E-state index contributed by atoms with van der Waals surface area (Å²) >= 11 is 0. The smallest absolute Gasteiger partial charge is 0.428 e. The Morgan fingerprint density at radius 1 is 1.20 bits per heavy atom. The second-order valence-corrected chi connectivity index (χ2v) is 5.15. The van der Waals surface area contributed by atoms with Crippen molar-refractivity contribution in [3.8, 4) is 0 Å². The van der Waals surface area contributed by atoms with Crippen LogP contribution in [-0.2, 0) is 29.2 Å². The molecular weight excluding hydrogens is 302 g/mol. The molecule has 0 amide bonds. The average molecular weight is 315 g/mol. The van der Waals surface area contributed by atoms with Gasteiger partial charge in [-0.2, -0.15) is 8.78 Å². The fraction of sp³-hybridized carbons (Fsp3) is 0.600. The monoisotopic (exact) mass is 315 g/mol. The highest BCUT2D eigenvalue weighted by atomic mass is 32.2. The summed E-state index contributed by atoms with van der Waals surface area (Å²) in [5, 5.41) is -5.11. The van der Waals surface area contributed by atoms with Crippen LogP contribution < -0.4 is 0 Å². The van der Waals surface area contributed by atoms with Crippen LogP contribution >= 0.6 is 0 Å². The van der Waals surface area contributed by atoms with Gasteiger partial charge < -0.3 is 14.0 Å². The molecule has 0 aliphatic rings. The van der Waals surface area contributed by atoms with Gasteiger partial charge in [0.25, 0.3) is 0 Å². The van der Waals surface area contributed by atoms with Gasteiger partial charge in [0.15, 0.2) is 10.1 Å². The first kappa shape index (κ1) is 18.4. The van der Waals surface area contributed by atoms with Crippen LogP contribution in [0.15, 0.2) is 12.2 Å². The van der Waals surface area contributed by atoms with Gasteiger partial charge in [-0.1, -0.05) is 6.58 Å². The third kappa shape index (κ3) is 5.61. The first-order chi connectivity index (χ1) is 9.00. The standard InChI is InChI=1S/C10H14F2O7S/c1-7(2)8(13)18-5-3-4-6-19-9(14)10(11,12)20(15,16)17/h1,3-6H2,2H3,(H,15,16,17)/p-1. The molecule has 0 rings (SSSR count). The lowest BCUT2D eigenvalue weighted by molar-refractivity contribution is -0.161. The van der Waals surface area contributed by atoms with Crippen LogP contribution in [-0.4, -0.2) is 43.4 Å². The van der Waals surface area contributed by atoms with Crippen molar-refractivity contribution in [2.45, 2.75) is 25.0 Å². The molecule has 0 aliphatic carbocycles. The van der Waals surface area contributed by atoms with Gasteiger partial charge in [0.05, 0.1) is 13.2 Å². The summed E-state index contributed by atoms with van der Waals surface area (Å²) in [5.74, 6) is -3.04. The maximum atomic E-state index is 12.6. The molecule has 0 saturated heterocycles. The van der Waals surface area contributed by atoms with E-state index in [-0.39, 0.29) is 25.0 Å². The van der Waals surface area contributed by atoms with Crippen molar-refractivity contribution in [3.63, 3.8) is 0 Å². The summed E-state index contributed by atoms with van der Waals surface area (Å²) in [7, 11) is -6.11. The summed E-state index contributed by atoms with van der Waals surface area (Å²) in [6.07, 6.45) is 0.242. The molecular formula is C10H13F2O7S-. The molecule has 0 aromatic carbocycles. The van der Waals surface area contributed by atoms with Crippen molar-refractivity contribution < 1.29 is 40.8 Å². The predicted octanol–water partition coefficient (Wildman–Crippen LogP) is 0.567. The Labute approximate surface area is 114 Å². The van der Waals surface area contributed by atoms with Crippen molar-refractivity contribution in [2.75, 3.05) is 13.2 Å². The van der Waals surface area contributed by atoms with E-state index in [0.29, 0.717) is 0 Å². The summed E-state index contributed by atoms with van der Waals surface area (Å²) in [6, 6.07) is 0. The quantitative estimate of drug-likeness (QED) is 0.279. The van der Waals surface area contributed by atoms with Crippen molar-refractivity contribution >= 4 is 22.1 Å². The highest BCUT2D eigenvalue weighted by molar-refractivity contribution is 7.87. The fourth-order valence-corrected chi connectivity index (χ4v) is 1.11. The topological polar surface area (TPSA) is 110 Å². The zero-order chi connectivity index (χ0) is 16.0. The molecule has 0 saturated carbocycles. The zero-order valence-corrected chi connectivity index (χ0v) is 11.4. The first-order valence-corrected chi connectivity index (χ1v) is 6.74. The van der Waals surface area contributed by atoms with Crippen molar-refractivity contribution in [1.82, 2.24) is 0 Å². The second-order valence-electron chi connectivity index (χ2n) is 3.73. The van der Waals surface area contributed by atoms with Gasteiger partial charge in [0, 0.05) is 5.57 Å². The van der Waals surface area contributed by atoms with Gasteiger partial charge in [-0.25, -0.2) is 18.0 Å². The number of unbranched alkanes of at least 4 members (excludes halogenated alkanes) is 1. The fourth-order valence-electron chi connectivity index (χ4n) is 0.843. The van der Waals surface area contributed by atoms with Gasteiger partial charge in [-0.3, -0.25) is 0 Å². The van der Waals surface area contributed by atoms with Crippen LogP contribution in [0.2, 0.25) is 0 Å². The summed E-state index contributed by atoms with van der Waals surface area (Å²) in [5.41, 5.74) is 0.191. The number of rotatable bonds is 8. The number of carbonyl (C=O) groups is 2. The molecule has 0 atom stereocenters. The molecule has 7 nitrogen and oxygen atoms in total. The zero-order valence-electron chi connectivity index (χ0n) is 10.6. The third-order valence-electron chi connectivity index (χ3n) is 1.91. The molecule has 10 heteroatoms. The molecule has 0 bridgehead atoms. The Hall–Kier alpha value is -1.55. The Morgan fingerprint density at radius 3 is 2.05 bits per heavy atom. The van der Waals surface area contributed by atoms with E-state index in [1.807, 2.05) is 0 Å². The van der Waals surface area contributed by atoms with Crippen molar-refractivity contribution in [3.05, 3.63) is 12.2 Å². The van der Waals surface area contributed by atoms with Gasteiger partial charge in [-0.05, 0) is 19.8 Å². The van der Waals surface area contributed by atoms with Crippen LogP contribution in [0.1, 0.15) is 19.8 Å². The molecule has 0 spiro atoms. The molecule has 0 fully saturated rings. The van der Waals surface area contributed by atoms with Crippen molar-refractivity contribution in [2.24, 2.45) is 0 Å². The van der Waals surface area contributed by atoms with E-state index in [1.54, 1.807) is 0 Å². The minimum atomic E-state index is -6.11. The number of ether oxygens (including phenoxy) is 2. The summed E-state index contributed by atoms with van der Waals surface area (Å²) < 4.78 is 64.2. The predicted molar refractivity (Wildman–Crippen MR) is 60.6 cm³/mol. The van der Waals surface area contributed by atoms with Crippen LogP contribution in [0.3, 0.4) is 0 Å². The SMILES string of the molecule is C=C(C)C(=O)OCCCCOC(=O)C(F)(F)S(=O)(=O)[O-]. The van der Waals surface area contributed by atoms with Crippen molar-refractivity contribution in [1.29, 1.82) is 0 Å². The average Bonchev–Trinajstić information content (AvgIpc) is 2.31. The van der Waals surface area contributed by atoms with Crippen LogP contribution in [0.25, 0.3) is 0 Å². The van der Waals surface area contributed by atoms with Gasteiger partial charge in [-0.15, -0.1) is 0 Å².